The van der Waals surface area contributed by atoms with Gasteiger partial charge in [-0.25, -0.2) is 4.79 Å². The molecule has 4 N–H and O–H groups in total. The SMILES string of the molecule is CCNC(C(=O)O)C(NCC)(NCC)C(=O)OC=C(C)C. The molecule has 0 radical (unpaired) electrons. The minimum atomic E-state index is -1.53. The fourth-order valence-electron chi connectivity index (χ4n) is 1.98. The van der Waals surface area contributed by atoms with Crippen LogP contribution in [0.2, 0.25) is 0 Å². The van der Waals surface area contributed by atoms with E-state index in [1.807, 2.05) is 0 Å². The van der Waals surface area contributed by atoms with Crippen LogP contribution in [-0.2, 0) is 14.3 Å². The number of carboxylic acid groups (broad SMARTS) is 1. The first-order valence-electron chi connectivity index (χ1n) is 7.16. The van der Waals surface area contributed by atoms with Gasteiger partial charge in [-0.15, -0.1) is 0 Å². The average molecular weight is 301 g/mol. The summed E-state index contributed by atoms with van der Waals surface area (Å²) in [4.78, 5) is 24.0. The quantitative estimate of drug-likeness (QED) is 0.264. The molecule has 0 aromatic heterocycles. The van der Waals surface area contributed by atoms with E-state index >= 15 is 0 Å². The molecular weight excluding hydrogens is 274 g/mol. The van der Waals surface area contributed by atoms with E-state index in [4.69, 9.17) is 4.74 Å². The molecule has 1 unspecified atom stereocenters. The maximum absolute atomic E-state index is 12.5. The largest absolute Gasteiger partial charge is 0.480 e. The van der Waals surface area contributed by atoms with Crippen molar-refractivity contribution in [2.75, 3.05) is 19.6 Å². The number of allylic oxidation sites excluding steroid dienone is 1. The molecule has 0 aliphatic carbocycles. The summed E-state index contributed by atoms with van der Waals surface area (Å²) in [6.07, 6.45) is 1.32. The predicted molar refractivity (Wildman–Crippen MR) is 80.7 cm³/mol. The van der Waals surface area contributed by atoms with E-state index < -0.39 is 23.6 Å². The van der Waals surface area contributed by atoms with Gasteiger partial charge < -0.3 is 15.2 Å². The van der Waals surface area contributed by atoms with Crippen molar-refractivity contribution in [1.29, 1.82) is 0 Å². The van der Waals surface area contributed by atoms with Crippen molar-refractivity contribution in [3.8, 4) is 0 Å². The summed E-state index contributed by atoms with van der Waals surface area (Å²) < 4.78 is 5.12. The molecule has 0 spiro atoms. The van der Waals surface area contributed by atoms with Gasteiger partial charge in [-0.3, -0.25) is 15.4 Å². The molecule has 21 heavy (non-hydrogen) atoms. The van der Waals surface area contributed by atoms with Gasteiger partial charge >= 0.3 is 11.9 Å². The normalized spacial score (nSPS) is 12.6. The Morgan fingerprint density at radius 3 is 2.00 bits per heavy atom. The second-order valence-corrected chi connectivity index (χ2v) is 4.80. The molecule has 0 saturated heterocycles. The number of rotatable bonds is 10. The fourth-order valence-corrected chi connectivity index (χ4v) is 1.98. The Bertz CT molecular complexity index is 372. The number of hydrogen-bond donors (Lipinski definition) is 4. The fraction of sp³-hybridized carbons (Fsp3) is 0.714. The minimum absolute atomic E-state index is 0.408. The molecular formula is C14H27N3O4. The molecule has 0 amide bonds. The van der Waals surface area contributed by atoms with Gasteiger partial charge in [-0.1, -0.05) is 20.8 Å². The average Bonchev–Trinajstić information content (AvgIpc) is 2.41. The Kier molecular flexibility index (Phi) is 8.84. The summed E-state index contributed by atoms with van der Waals surface area (Å²) in [5.74, 6) is -1.81. The van der Waals surface area contributed by atoms with Crippen molar-refractivity contribution in [1.82, 2.24) is 16.0 Å². The number of carbonyl (C=O) groups is 2. The number of esters is 1. The first-order valence-corrected chi connectivity index (χ1v) is 7.16. The monoisotopic (exact) mass is 301 g/mol. The molecule has 7 nitrogen and oxygen atoms in total. The number of aliphatic carboxylic acids is 1. The van der Waals surface area contributed by atoms with E-state index in [0.717, 1.165) is 5.57 Å². The van der Waals surface area contributed by atoms with Crippen molar-refractivity contribution < 1.29 is 19.4 Å². The molecule has 0 heterocycles. The molecule has 0 aliphatic rings. The summed E-state index contributed by atoms with van der Waals surface area (Å²) in [6, 6.07) is -1.15. The van der Waals surface area contributed by atoms with Crippen LogP contribution in [0.25, 0.3) is 0 Å². The minimum Gasteiger partial charge on any atom is -0.480 e. The zero-order chi connectivity index (χ0) is 16.5. The Labute approximate surface area is 126 Å². The van der Waals surface area contributed by atoms with Crippen LogP contribution in [0.5, 0.6) is 0 Å². The van der Waals surface area contributed by atoms with E-state index in [9.17, 15) is 14.7 Å². The molecule has 0 saturated carbocycles. The van der Waals surface area contributed by atoms with Crippen molar-refractivity contribution in [3.63, 3.8) is 0 Å². The third-order valence-corrected chi connectivity index (χ3v) is 2.72. The number of ether oxygens (including phenoxy) is 1. The van der Waals surface area contributed by atoms with Gasteiger partial charge in [-0.05, 0) is 39.1 Å². The number of nitrogens with one attached hydrogen (secondary N) is 3. The molecule has 1 atom stereocenters. The molecule has 7 heteroatoms. The molecule has 0 aliphatic heterocycles. The van der Waals surface area contributed by atoms with Gasteiger partial charge in [-0.2, -0.15) is 0 Å². The topological polar surface area (TPSA) is 99.7 Å². The summed E-state index contributed by atoms with van der Waals surface area (Å²) in [5, 5.41) is 18.1. The first kappa shape index (κ1) is 19.6. The second-order valence-electron chi connectivity index (χ2n) is 4.80. The molecule has 0 bridgehead atoms. The molecule has 0 aromatic carbocycles. The van der Waals surface area contributed by atoms with E-state index in [0.29, 0.717) is 19.6 Å². The lowest BCUT2D eigenvalue weighted by Crippen LogP contribution is -2.74. The lowest BCUT2D eigenvalue weighted by Gasteiger charge is -2.37. The van der Waals surface area contributed by atoms with Gasteiger partial charge in [0.1, 0.15) is 6.04 Å². The van der Waals surface area contributed by atoms with Gasteiger partial charge in [0.15, 0.2) is 5.66 Å². The van der Waals surface area contributed by atoms with Gasteiger partial charge in [0.25, 0.3) is 0 Å². The molecule has 0 aromatic rings. The lowest BCUT2D eigenvalue weighted by atomic mass is 9.99. The van der Waals surface area contributed by atoms with Crippen LogP contribution in [0, 0.1) is 0 Å². The van der Waals surface area contributed by atoms with E-state index in [1.165, 1.54) is 6.26 Å². The third kappa shape index (κ3) is 5.45. The van der Waals surface area contributed by atoms with Gasteiger partial charge in [0.2, 0.25) is 0 Å². The summed E-state index contributed by atoms with van der Waals surface area (Å²) in [5.41, 5.74) is -0.724. The molecule has 122 valence electrons. The van der Waals surface area contributed by atoms with Crippen LogP contribution in [-0.4, -0.2) is 48.4 Å². The highest BCUT2D eigenvalue weighted by atomic mass is 16.5. The van der Waals surface area contributed by atoms with Gasteiger partial charge in [0.05, 0.1) is 6.26 Å². The van der Waals surface area contributed by atoms with Crippen molar-refractivity contribution in [3.05, 3.63) is 11.8 Å². The summed E-state index contributed by atoms with van der Waals surface area (Å²) in [6.45, 7) is 10.2. The zero-order valence-electron chi connectivity index (χ0n) is 13.4. The number of carbonyl (C=O) groups excluding carboxylic acids is 1. The van der Waals surface area contributed by atoms with Crippen LogP contribution < -0.4 is 16.0 Å². The van der Waals surface area contributed by atoms with Crippen molar-refractivity contribution in [2.24, 2.45) is 0 Å². The Morgan fingerprint density at radius 2 is 1.67 bits per heavy atom. The van der Waals surface area contributed by atoms with Crippen LogP contribution in [0.1, 0.15) is 34.6 Å². The molecule has 0 fully saturated rings. The van der Waals surface area contributed by atoms with E-state index in [1.54, 1.807) is 34.6 Å². The third-order valence-electron chi connectivity index (χ3n) is 2.72. The van der Waals surface area contributed by atoms with Gasteiger partial charge in [0, 0.05) is 0 Å². The maximum atomic E-state index is 12.5. The summed E-state index contributed by atoms with van der Waals surface area (Å²) in [7, 11) is 0. The lowest BCUT2D eigenvalue weighted by molar-refractivity contribution is -0.157. The highest BCUT2D eigenvalue weighted by Gasteiger charge is 2.49. The number of likely N-dealkylation sites (N-methyl/N-ethyl adjacent to an activating group) is 3. The second kappa shape index (κ2) is 9.49. The molecule has 0 rings (SSSR count). The highest BCUT2D eigenvalue weighted by Crippen LogP contribution is 2.12. The Hall–Kier alpha value is -1.44. The number of hydrogen-bond acceptors (Lipinski definition) is 6. The Balaban J connectivity index is 5.63. The van der Waals surface area contributed by atoms with E-state index in [2.05, 4.69) is 16.0 Å². The smallest absolute Gasteiger partial charge is 0.348 e. The van der Waals surface area contributed by atoms with Crippen LogP contribution in [0.3, 0.4) is 0 Å². The first-order chi connectivity index (χ1) is 9.85. The zero-order valence-corrected chi connectivity index (χ0v) is 13.4. The maximum Gasteiger partial charge on any atom is 0.348 e. The summed E-state index contributed by atoms with van der Waals surface area (Å²) >= 11 is 0. The highest BCUT2D eigenvalue weighted by molar-refractivity contribution is 5.90. The van der Waals surface area contributed by atoms with Crippen molar-refractivity contribution in [2.45, 2.75) is 46.3 Å². The van der Waals surface area contributed by atoms with Crippen LogP contribution in [0.15, 0.2) is 11.8 Å². The predicted octanol–water partition coefficient (Wildman–Crippen LogP) is 0.431. The Morgan fingerprint density at radius 1 is 1.14 bits per heavy atom. The van der Waals surface area contributed by atoms with Crippen LogP contribution >= 0.6 is 0 Å². The van der Waals surface area contributed by atoms with E-state index in [-0.39, 0.29) is 0 Å². The standard InChI is InChI=1S/C14H27N3O4/c1-6-15-11(12(18)19)14(16-7-2,17-8-3)13(20)21-9-10(4)5/h9,11,15-17H,6-8H2,1-5H3,(H,18,19). The number of carboxylic acids is 1. The van der Waals surface area contributed by atoms with Crippen LogP contribution in [0.4, 0.5) is 0 Å². The van der Waals surface area contributed by atoms with Crippen molar-refractivity contribution >= 4 is 11.9 Å².